The Morgan fingerprint density at radius 2 is 1.93 bits per heavy atom. The summed E-state index contributed by atoms with van der Waals surface area (Å²) in [6, 6.07) is 2.32. The van der Waals surface area contributed by atoms with Gasteiger partial charge in [-0.3, -0.25) is 4.79 Å². The fraction of sp³-hybridized carbons (Fsp3) is 0.222. The highest BCUT2D eigenvalue weighted by Gasteiger charge is 2.36. The van der Waals surface area contributed by atoms with Crippen molar-refractivity contribution in [2.24, 2.45) is 0 Å². The van der Waals surface area contributed by atoms with E-state index in [0.717, 1.165) is 19.1 Å². The maximum atomic E-state index is 13.0. The fourth-order valence-electron chi connectivity index (χ4n) is 0.980. The molecule has 0 unspecified atom stereocenters. The Morgan fingerprint density at radius 1 is 1.33 bits per heavy atom. The van der Waals surface area contributed by atoms with Crippen LogP contribution in [0.4, 0.5) is 17.6 Å². The molecule has 1 rings (SSSR count). The maximum absolute atomic E-state index is 13.0. The van der Waals surface area contributed by atoms with Crippen LogP contribution in [0.2, 0.25) is 0 Å². The van der Waals surface area contributed by atoms with Crippen LogP contribution in [0, 0.1) is 5.82 Å². The molecule has 2 nitrogen and oxygen atoms in total. The number of alkyl halides is 3. The van der Waals surface area contributed by atoms with Gasteiger partial charge in [-0.05, 0) is 12.1 Å². The minimum absolute atomic E-state index is 0.640. The van der Waals surface area contributed by atoms with E-state index in [4.69, 9.17) is 0 Å². The van der Waals surface area contributed by atoms with Gasteiger partial charge < -0.3 is 4.74 Å². The third-order valence-corrected chi connectivity index (χ3v) is 1.52. The summed E-state index contributed by atoms with van der Waals surface area (Å²) in [6.07, 6.45) is -4.76. The first kappa shape index (κ1) is 11.5. The van der Waals surface area contributed by atoms with Gasteiger partial charge in [0.25, 0.3) is 0 Å². The molecule has 0 aromatic heterocycles. The van der Waals surface area contributed by atoms with Crippen molar-refractivity contribution in [1.29, 1.82) is 0 Å². The molecular weight excluding hydrogens is 216 g/mol. The summed E-state index contributed by atoms with van der Waals surface area (Å²) in [4.78, 5) is 10.5. The number of para-hydroxylation sites is 1. The van der Waals surface area contributed by atoms with Crippen molar-refractivity contribution in [3.63, 3.8) is 0 Å². The molecular formula is C9H6F4O2. The zero-order valence-corrected chi connectivity index (χ0v) is 7.56. The topological polar surface area (TPSA) is 26.3 Å². The average Bonchev–Trinajstić information content (AvgIpc) is 2.05. The molecule has 0 spiro atoms. The Balaban J connectivity index is 3.26. The number of carbonyl (C=O) groups is 1. The summed E-state index contributed by atoms with van der Waals surface area (Å²) in [6.45, 7) is 0.895. The predicted octanol–water partition coefficient (Wildman–Crippen LogP) is 2.77. The summed E-state index contributed by atoms with van der Waals surface area (Å²) in [5.74, 6) is -3.32. The Hall–Kier alpha value is -1.59. The van der Waals surface area contributed by atoms with Crippen molar-refractivity contribution in [2.75, 3.05) is 0 Å². The lowest BCUT2D eigenvalue weighted by Crippen LogP contribution is -2.12. The van der Waals surface area contributed by atoms with E-state index in [1.807, 2.05) is 0 Å². The normalized spacial score (nSPS) is 11.3. The van der Waals surface area contributed by atoms with Crippen LogP contribution < -0.4 is 4.74 Å². The molecule has 0 bridgehead atoms. The lowest BCUT2D eigenvalue weighted by Gasteiger charge is -2.12. The van der Waals surface area contributed by atoms with Gasteiger partial charge in [0.05, 0.1) is 0 Å². The maximum Gasteiger partial charge on any atom is 0.420 e. The van der Waals surface area contributed by atoms with Crippen LogP contribution >= 0.6 is 0 Å². The van der Waals surface area contributed by atoms with Crippen molar-refractivity contribution in [2.45, 2.75) is 13.1 Å². The number of hydrogen-bond donors (Lipinski definition) is 0. The lowest BCUT2D eigenvalue weighted by molar-refractivity contribution is -0.141. The van der Waals surface area contributed by atoms with E-state index in [1.54, 1.807) is 0 Å². The molecule has 0 N–H and O–H groups in total. The molecule has 1 aromatic rings. The Kier molecular flexibility index (Phi) is 2.97. The monoisotopic (exact) mass is 222 g/mol. The number of esters is 1. The molecule has 0 saturated heterocycles. The van der Waals surface area contributed by atoms with Crippen molar-refractivity contribution >= 4 is 5.97 Å². The third-order valence-electron chi connectivity index (χ3n) is 1.52. The molecule has 15 heavy (non-hydrogen) atoms. The second-order valence-corrected chi connectivity index (χ2v) is 2.71. The molecule has 0 radical (unpaired) electrons. The van der Waals surface area contributed by atoms with Gasteiger partial charge in [-0.1, -0.05) is 6.07 Å². The number of benzene rings is 1. The van der Waals surface area contributed by atoms with Gasteiger partial charge in [-0.15, -0.1) is 0 Å². The van der Waals surface area contributed by atoms with E-state index in [0.29, 0.717) is 6.07 Å². The molecule has 0 atom stereocenters. The van der Waals surface area contributed by atoms with Gasteiger partial charge >= 0.3 is 12.1 Å². The number of ether oxygens (including phenoxy) is 1. The number of rotatable bonds is 1. The van der Waals surface area contributed by atoms with Gasteiger partial charge in [-0.2, -0.15) is 13.2 Å². The Morgan fingerprint density at radius 3 is 2.40 bits per heavy atom. The minimum Gasteiger partial charge on any atom is -0.423 e. The molecule has 0 aliphatic rings. The zero-order valence-electron chi connectivity index (χ0n) is 7.56. The van der Waals surface area contributed by atoms with E-state index in [1.165, 1.54) is 0 Å². The van der Waals surface area contributed by atoms with Gasteiger partial charge in [0.1, 0.15) is 5.56 Å². The third kappa shape index (κ3) is 2.68. The number of carbonyl (C=O) groups excluding carboxylic acids is 1. The van der Waals surface area contributed by atoms with E-state index in [-0.39, 0.29) is 0 Å². The summed E-state index contributed by atoms with van der Waals surface area (Å²) in [5.41, 5.74) is -1.31. The second-order valence-electron chi connectivity index (χ2n) is 2.71. The molecule has 0 aliphatic carbocycles. The molecule has 0 fully saturated rings. The van der Waals surface area contributed by atoms with Gasteiger partial charge in [0.2, 0.25) is 0 Å². The van der Waals surface area contributed by atoms with Crippen LogP contribution in [0.15, 0.2) is 18.2 Å². The van der Waals surface area contributed by atoms with Crippen LogP contribution in [0.25, 0.3) is 0 Å². The summed E-state index contributed by atoms with van der Waals surface area (Å²) in [7, 11) is 0. The molecule has 0 aliphatic heterocycles. The minimum atomic E-state index is -4.76. The second kappa shape index (κ2) is 3.88. The summed E-state index contributed by atoms with van der Waals surface area (Å²) in [5, 5.41) is 0. The quantitative estimate of drug-likeness (QED) is 0.415. The zero-order chi connectivity index (χ0) is 11.6. The van der Waals surface area contributed by atoms with E-state index in [9.17, 15) is 22.4 Å². The van der Waals surface area contributed by atoms with Crippen molar-refractivity contribution in [3.8, 4) is 5.75 Å². The number of halogens is 4. The van der Waals surface area contributed by atoms with Crippen LogP contribution in [-0.2, 0) is 11.0 Å². The van der Waals surface area contributed by atoms with E-state index < -0.39 is 29.3 Å². The molecule has 6 heteroatoms. The molecule has 0 saturated carbocycles. The first-order valence-corrected chi connectivity index (χ1v) is 3.86. The van der Waals surface area contributed by atoms with Crippen LogP contribution in [0.5, 0.6) is 5.75 Å². The lowest BCUT2D eigenvalue weighted by atomic mass is 10.2. The highest BCUT2D eigenvalue weighted by molar-refractivity contribution is 5.70. The number of hydrogen-bond acceptors (Lipinski definition) is 2. The predicted molar refractivity (Wildman–Crippen MR) is 42.7 cm³/mol. The van der Waals surface area contributed by atoms with E-state index >= 15 is 0 Å². The smallest absolute Gasteiger partial charge is 0.420 e. The summed E-state index contributed by atoms with van der Waals surface area (Å²) < 4.78 is 54.1. The highest BCUT2D eigenvalue weighted by Crippen LogP contribution is 2.37. The Bertz CT molecular complexity index is 384. The largest absolute Gasteiger partial charge is 0.423 e. The van der Waals surface area contributed by atoms with Crippen molar-refractivity contribution in [3.05, 3.63) is 29.6 Å². The van der Waals surface area contributed by atoms with Gasteiger partial charge in [-0.25, -0.2) is 4.39 Å². The first-order valence-electron chi connectivity index (χ1n) is 3.86. The summed E-state index contributed by atoms with van der Waals surface area (Å²) >= 11 is 0. The SMILES string of the molecule is CC(=O)Oc1c(F)cccc1C(F)(F)F. The first-order chi connectivity index (χ1) is 6.82. The van der Waals surface area contributed by atoms with E-state index in [2.05, 4.69) is 4.74 Å². The standard InChI is InChI=1S/C9H6F4O2/c1-5(14)15-8-6(9(11,12)13)3-2-4-7(8)10/h2-4H,1H3. The van der Waals surface area contributed by atoms with Crippen LogP contribution in [-0.4, -0.2) is 5.97 Å². The Labute approximate surface area is 82.5 Å². The molecule has 82 valence electrons. The van der Waals surface area contributed by atoms with Gasteiger partial charge in [0.15, 0.2) is 11.6 Å². The van der Waals surface area contributed by atoms with Crippen LogP contribution in [0.3, 0.4) is 0 Å². The molecule has 0 heterocycles. The molecule has 0 amide bonds. The van der Waals surface area contributed by atoms with Gasteiger partial charge in [0, 0.05) is 6.92 Å². The average molecular weight is 222 g/mol. The fourth-order valence-corrected chi connectivity index (χ4v) is 0.980. The molecule has 1 aromatic carbocycles. The van der Waals surface area contributed by atoms with Crippen LogP contribution in [0.1, 0.15) is 12.5 Å². The highest BCUT2D eigenvalue weighted by atomic mass is 19.4. The van der Waals surface area contributed by atoms with Crippen molar-refractivity contribution in [1.82, 2.24) is 0 Å². The van der Waals surface area contributed by atoms with Crippen molar-refractivity contribution < 1.29 is 27.1 Å².